The van der Waals surface area contributed by atoms with E-state index in [1.807, 2.05) is 4.90 Å². The molecule has 2 aliphatic heterocycles. The van der Waals surface area contributed by atoms with Gasteiger partial charge in [-0.3, -0.25) is 9.69 Å². The van der Waals surface area contributed by atoms with E-state index in [1.165, 1.54) is 0 Å². The van der Waals surface area contributed by atoms with Gasteiger partial charge in [0.1, 0.15) is 6.04 Å². The topological polar surface area (TPSA) is 29.5 Å². The highest BCUT2D eigenvalue weighted by Crippen LogP contribution is 2.32. The van der Waals surface area contributed by atoms with Crippen LogP contribution in [0.5, 0.6) is 0 Å². The fourth-order valence-electron chi connectivity index (χ4n) is 1.81. The molecular formula is C7H9Cl2NO2. The molecule has 0 spiro atoms. The zero-order valence-electron chi connectivity index (χ0n) is 6.37. The summed E-state index contributed by atoms with van der Waals surface area (Å²) in [5.74, 6) is -0.177. The number of fused-ring (bicyclic) bond motifs is 1. The first-order valence-electron chi connectivity index (χ1n) is 3.94. The second kappa shape index (κ2) is 3.05. The van der Waals surface area contributed by atoms with Crippen molar-refractivity contribution in [2.75, 3.05) is 6.54 Å². The molecule has 0 aromatic carbocycles. The molecule has 68 valence electrons. The molecule has 2 heterocycles. The van der Waals surface area contributed by atoms with E-state index in [4.69, 9.17) is 27.9 Å². The van der Waals surface area contributed by atoms with Crippen LogP contribution in [0.2, 0.25) is 0 Å². The van der Waals surface area contributed by atoms with Crippen molar-refractivity contribution in [3.63, 3.8) is 0 Å². The number of carbonyl (C=O) groups is 1. The summed E-state index contributed by atoms with van der Waals surface area (Å²) < 4.78 is 5.01. The third-order valence-electron chi connectivity index (χ3n) is 2.35. The van der Waals surface area contributed by atoms with Crippen LogP contribution in [0.25, 0.3) is 0 Å². The van der Waals surface area contributed by atoms with E-state index in [-0.39, 0.29) is 12.0 Å². The molecule has 0 aromatic rings. The molecule has 0 amide bonds. The zero-order valence-corrected chi connectivity index (χ0v) is 7.88. The highest BCUT2D eigenvalue weighted by Gasteiger charge is 2.47. The quantitative estimate of drug-likeness (QED) is 0.480. The van der Waals surface area contributed by atoms with Crippen LogP contribution in [0.4, 0.5) is 0 Å². The predicted molar refractivity (Wildman–Crippen MR) is 45.1 cm³/mol. The molecule has 3 nitrogen and oxygen atoms in total. The normalized spacial score (nSPS) is 35.8. The average molecular weight is 210 g/mol. The number of hydrogen-bond donors (Lipinski definition) is 0. The van der Waals surface area contributed by atoms with Crippen LogP contribution in [0.15, 0.2) is 0 Å². The van der Waals surface area contributed by atoms with Crippen LogP contribution in [0.3, 0.4) is 0 Å². The number of rotatable bonds is 1. The maximum atomic E-state index is 11.2. The van der Waals surface area contributed by atoms with Crippen LogP contribution in [0, 0.1) is 0 Å². The van der Waals surface area contributed by atoms with Crippen molar-refractivity contribution in [3.05, 3.63) is 0 Å². The van der Waals surface area contributed by atoms with Gasteiger partial charge in [0.2, 0.25) is 0 Å². The molecule has 2 saturated heterocycles. The monoisotopic (exact) mass is 209 g/mol. The zero-order chi connectivity index (χ0) is 8.72. The van der Waals surface area contributed by atoms with Crippen LogP contribution in [-0.4, -0.2) is 34.5 Å². The van der Waals surface area contributed by atoms with Crippen LogP contribution >= 0.6 is 23.2 Å². The Morgan fingerprint density at radius 2 is 2.33 bits per heavy atom. The lowest BCUT2D eigenvalue weighted by molar-refractivity contribution is -0.142. The second-order valence-corrected chi connectivity index (χ2v) is 4.22. The SMILES string of the molecule is O=C1OC(C(Cl)Cl)N2CCC[C@@H]12. The smallest absolute Gasteiger partial charge is 0.325 e. The lowest BCUT2D eigenvalue weighted by Crippen LogP contribution is -2.36. The molecule has 2 aliphatic rings. The van der Waals surface area contributed by atoms with Gasteiger partial charge in [-0.15, -0.1) is 0 Å². The van der Waals surface area contributed by atoms with Gasteiger partial charge in [-0.05, 0) is 12.8 Å². The van der Waals surface area contributed by atoms with Crippen molar-refractivity contribution < 1.29 is 9.53 Å². The second-order valence-electron chi connectivity index (χ2n) is 3.06. The first-order chi connectivity index (χ1) is 5.70. The lowest BCUT2D eigenvalue weighted by Gasteiger charge is -2.20. The van der Waals surface area contributed by atoms with Crippen molar-refractivity contribution in [3.8, 4) is 0 Å². The molecule has 0 bridgehead atoms. The number of hydrogen-bond acceptors (Lipinski definition) is 3. The van der Waals surface area contributed by atoms with Gasteiger partial charge in [0.05, 0.1) is 0 Å². The first-order valence-corrected chi connectivity index (χ1v) is 4.82. The molecular weight excluding hydrogens is 201 g/mol. The largest absolute Gasteiger partial charge is 0.442 e. The highest BCUT2D eigenvalue weighted by molar-refractivity contribution is 6.44. The van der Waals surface area contributed by atoms with E-state index in [1.54, 1.807) is 0 Å². The Balaban J connectivity index is 2.14. The Morgan fingerprint density at radius 1 is 1.58 bits per heavy atom. The third kappa shape index (κ3) is 1.20. The molecule has 0 N–H and O–H groups in total. The molecule has 0 aromatic heterocycles. The minimum atomic E-state index is -0.642. The van der Waals surface area contributed by atoms with Crippen molar-refractivity contribution in [1.82, 2.24) is 4.90 Å². The number of esters is 1. The molecule has 12 heavy (non-hydrogen) atoms. The minimum absolute atomic E-state index is 0.0880. The molecule has 5 heteroatoms. The van der Waals surface area contributed by atoms with Gasteiger partial charge in [0.15, 0.2) is 11.1 Å². The average Bonchev–Trinajstić information content (AvgIpc) is 2.53. The van der Waals surface area contributed by atoms with Crippen molar-refractivity contribution in [1.29, 1.82) is 0 Å². The molecule has 0 aliphatic carbocycles. The fourth-order valence-corrected chi connectivity index (χ4v) is 2.20. The van der Waals surface area contributed by atoms with E-state index in [0.717, 1.165) is 19.4 Å². The molecule has 2 rings (SSSR count). The van der Waals surface area contributed by atoms with Crippen LogP contribution in [-0.2, 0) is 9.53 Å². The number of alkyl halides is 2. The molecule has 1 unspecified atom stereocenters. The van der Waals surface area contributed by atoms with Gasteiger partial charge in [-0.25, -0.2) is 0 Å². The number of ether oxygens (including phenoxy) is 1. The van der Waals surface area contributed by atoms with Gasteiger partial charge in [-0.1, -0.05) is 23.2 Å². The van der Waals surface area contributed by atoms with Crippen LogP contribution in [0.1, 0.15) is 12.8 Å². The van der Waals surface area contributed by atoms with E-state index in [2.05, 4.69) is 0 Å². The maximum absolute atomic E-state index is 11.2. The summed E-state index contributed by atoms with van der Waals surface area (Å²) in [6.45, 7) is 0.858. The molecule has 0 radical (unpaired) electrons. The van der Waals surface area contributed by atoms with Gasteiger partial charge < -0.3 is 4.74 Å². The van der Waals surface area contributed by atoms with Gasteiger partial charge in [-0.2, -0.15) is 0 Å². The summed E-state index contributed by atoms with van der Waals surface area (Å²) in [6, 6.07) is -0.0880. The van der Waals surface area contributed by atoms with Crippen molar-refractivity contribution >= 4 is 29.2 Å². The Morgan fingerprint density at radius 3 is 3.00 bits per heavy atom. The summed E-state index contributed by atoms with van der Waals surface area (Å²) in [5, 5.41) is 0. The first kappa shape index (κ1) is 8.60. The molecule has 0 saturated carbocycles. The Kier molecular flexibility index (Phi) is 2.19. The summed E-state index contributed by atoms with van der Waals surface area (Å²) in [5.41, 5.74) is 0. The van der Waals surface area contributed by atoms with Crippen LogP contribution < -0.4 is 0 Å². The summed E-state index contributed by atoms with van der Waals surface area (Å²) in [6.07, 6.45) is 1.47. The fraction of sp³-hybridized carbons (Fsp3) is 0.857. The number of carbonyl (C=O) groups excluding carboxylic acids is 1. The summed E-state index contributed by atoms with van der Waals surface area (Å²) in [7, 11) is 0. The minimum Gasteiger partial charge on any atom is -0.442 e. The Labute approximate surface area is 80.6 Å². The van der Waals surface area contributed by atoms with E-state index in [9.17, 15) is 4.79 Å². The Bertz CT molecular complexity index is 210. The maximum Gasteiger partial charge on any atom is 0.325 e. The molecule has 2 atom stereocenters. The van der Waals surface area contributed by atoms with E-state index >= 15 is 0 Å². The third-order valence-corrected chi connectivity index (χ3v) is 2.78. The molecule has 2 fully saturated rings. The standard InChI is InChI=1S/C7H9Cl2NO2/c8-5(9)6-10-3-1-2-4(10)7(11)12-6/h4-6H,1-3H2/t4-,6?/m0/s1. The van der Waals surface area contributed by atoms with Gasteiger partial charge in [0.25, 0.3) is 0 Å². The van der Waals surface area contributed by atoms with Gasteiger partial charge in [0, 0.05) is 6.54 Å². The number of nitrogens with zero attached hydrogens (tertiary/aromatic N) is 1. The number of cyclic esters (lactones) is 1. The summed E-state index contributed by atoms with van der Waals surface area (Å²) >= 11 is 11.3. The van der Waals surface area contributed by atoms with E-state index < -0.39 is 11.1 Å². The number of halogens is 2. The predicted octanol–water partition coefficient (Wildman–Crippen LogP) is 1.14. The van der Waals surface area contributed by atoms with Crippen molar-refractivity contribution in [2.24, 2.45) is 0 Å². The highest BCUT2D eigenvalue weighted by atomic mass is 35.5. The van der Waals surface area contributed by atoms with E-state index in [0.29, 0.717) is 0 Å². The summed E-state index contributed by atoms with van der Waals surface area (Å²) in [4.78, 5) is 12.5. The van der Waals surface area contributed by atoms with Crippen molar-refractivity contribution in [2.45, 2.75) is 29.9 Å². The van der Waals surface area contributed by atoms with Gasteiger partial charge >= 0.3 is 5.97 Å². The lowest BCUT2D eigenvalue weighted by atomic mass is 10.2. The Hall–Kier alpha value is 0.01000.